The Hall–Kier alpha value is -0.790. The van der Waals surface area contributed by atoms with Crippen LogP contribution in [0.1, 0.15) is 10.4 Å². The molecule has 0 spiro atoms. The summed E-state index contributed by atoms with van der Waals surface area (Å²) in [5.74, 6) is 0. The van der Waals surface area contributed by atoms with E-state index in [9.17, 15) is 5.26 Å². The molecule has 1 nitrogen and oxygen atoms in total. The summed E-state index contributed by atoms with van der Waals surface area (Å²) in [4.78, 5) is 0.849. The summed E-state index contributed by atoms with van der Waals surface area (Å²) in [6.07, 6.45) is 0. The lowest BCUT2D eigenvalue weighted by Gasteiger charge is -2.04. The van der Waals surface area contributed by atoms with Gasteiger partial charge in [0.05, 0.1) is 15.6 Å². The van der Waals surface area contributed by atoms with Crippen molar-refractivity contribution in [2.24, 2.45) is 0 Å². The van der Waals surface area contributed by atoms with Crippen LogP contribution >= 0.6 is 50.5 Å². The van der Waals surface area contributed by atoms with Crippen LogP contribution in [0.5, 0.6) is 0 Å². The second kappa shape index (κ2) is 5.90. The Kier molecular flexibility index (Phi) is 4.47. The Labute approximate surface area is 127 Å². The van der Waals surface area contributed by atoms with Crippen LogP contribution in [0.2, 0.25) is 5.02 Å². The number of thiophene rings is 1. The Balaban J connectivity index is 2.54. The van der Waals surface area contributed by atoms with Gasteiger partial charge >= 0.3 is 0 Å². The SMILES string of the molecule is N#C/C(=C(/Cl)c1ccc(Br)c(Cl)c1)c1cccs1. The predicted molar refractivity (Wildman–Crippen MR) is 81.8 cm³/mol. The van der Waals surface area contributed by atoms with Gasteiger partial charge in [0.1, 0.15) is 6.07 Å². The largest absolute Gasteiger partial charge is 0.192 e. The molecule has 0 fully saturated rings. The van der Waals surface area contributed by atoms with Gasteiger partial charge in [-0.2, -0.15) is 5.26 Å². The molecule has 5 heteroatoms. The van der Waals surface area contributed by atoms with E-state index in [4.69, 9.17) is 23.2 Å². The number of nitrogens with zero attached hydrogens (tertiary/aromatic N) is 1. The number of allylic oxidation sites excluding steroid dienone is 1. The topological polar surface area (TPSA) is 23.8 Å². The van der Waals surface area contributed by atoms with Crippen LogP contribution in [0.3, 0.4) is 0 Å². The maximum atomic E-state index is 9.23. The molecule has 2 rings (SSSR count). The minimum atomic E-state index is 0.411. The van der Waals surface area contributed by atoms with Gasteiger partial charge in [0.2, 0.25) is 0 Å². The van der Waals surface area contributed by atoms with Crippen molar-refractivity contribution in [3.8, 4) is 6.07 Å². The van der Waals surface area contributed by atoms with E-state index in [0.717, 1.165) is 14.9 Å². The molecule has 0 bridgehead atoms. The quantitative estimate of drug-likeness (QED) is 0.623. The fourth-order valence-electron chi connectivity index (χ4n) is 1.41. The summed E-state index contributed by atoms with van der Waals surface area (Å²) < 4.78 is 0.798. The van der Waals surface area contributed by atoms with E-state index in [1.807, 2.05) is 29.6 Å². The normalized spacial score (nSPS) is 11.9. The van der Waals surface area contributed by atoms with Crippen LogP contribution in [0, 0.1) is 11.3 Å². The monoisotopic (exact) mass is 357 g/mol. The Morgan fingerprint density at radius 3 is 2.67 bits per heavy atom. The van der Waals surface area contributed by atoms with Gasteiger partial charge in [-0.3, -0.25) is 0 Å². The lowest BCUT2D eigenvalue weighted by molar-refractivity contribution is 1.53. The molecule has 1 aromatic heterocycles. The summed E-state index contributed by atoms with van der Waals surface area (Å²) in [7, 11) is 0. The molecule has 0 radical (unpaired) electrons. The molecule has 0 aliphatic heterocycles. The fraction of sp³-hybridized carbons (Fsp3) is 0. The number of nitriles is 1. The van der Waals surface area contributed by atoms with Crippen LogP contribution in [0.4, 0.5) is 0 Å². The van der Waals surface area contributed by atoms with E-state index in [-0.39, 0.29) is 0 Å². The number of hydrogen-bond acceptors (Lipinski definition) is 2. The van der Waals surface area contributed by atoms with Gasteiger partial charge in [-0.1, -0.05) is 35.3 Å². The second-order valence-electron chi connectivity index (χ2n) is 3.41. The first-order chi connectivity index (χ1) is 8.63. The standard InChI is InChI=1S/C13H6BrCl2NS/c14-10-4-3-8(6-11(10)15)13(16)9(7-17)12-2-1-5-18-12/h1-6H/b13-9-. The van der Waals surface area contributed by atoms with Crippen LogP contribution in [-0.4, -0.2) is 0 Å². The second-order valence-corrected chi connectivity index (χ2v) is 5.99. The number of rotatable bonds is 2. The van der Waals surface area contributed by atoms with E-state index >= 15 is 0 Å². The third-order valence-corrected chi connectivity index (χ3v) is 4.80. The van der Waals surface area contributed by atoms with E-state index in [1.54, 1.807) is 6.07 Å². The van der Waals surface area contributed by atoms with Crippen molar-refractivity contribution >= 4 is 61.1 Å². The average Bonchev–Trinajstić information content (AvgIpc) is 2.87. The van der Waals surface area contributed by atoms with Crippen LogP contribution < -0.4 is 0 Å². The zero-order chi connectivity index (χ0) is 13.1. The van der Waals surface area contributed by atoms with Crippen molar-refractivity contribution in [2.75, 3.05) is 0 Å². The van der Waals surface area contributed by atoms with E-state index < -0.39 is 0 Å². The lowest BCUT2D eigenvalue weighted by Crippen LogP contribution is -1.84. The first-order valence-electron chi connectivity index (χ1n) is 4.92. The fourth-order valence-corrected chi connectivity index (χ4v) is 2.88. The van der Waals surface area contributed by atoms with Gasteiger partial charge in [0, 0.05) is 9.35 Å². The maximum Gasteiger partial charge on any atom is 0.102 e. The van der Waals surface area contributed by atoms with Crippen molar-refractivity contribution in [3.63, 3.8) is 0 Å². The molecule has 0 aliphatic rings. The van der Waals surface area contributed by atoms with E-state index in [0.29, 0.717) is 15.6 Å². The molecule has 0 atom stereocenters. The Morgan fingerprint density at radius 1 is 1.33 bits per heavy atom. The number of hydrogen-bond donors (Lipinski definition) is 0. The zero-order valence-electron chi connectivity index (χ0n) is 8.95. The van der Waals surface area contributed by atoms with Crippen molar-refractivity contribution in [1.29, 1.82) is 5.26 Å². The number of benzene rings is 1. The first kappa shape index (κ1) is 13.6. The van der Waals surface area contributed by atoms with Gasteiger partial charge in [0.15, 0.2) is 0 Å². The van der Waals surface area contributed by atoms with Crippen molar-refractivity contribution in [3.05, 3.63) is 55.6 Å². The molecule has 0 unspecified atom stereocenters. The predicted octanol–water partition coefficient (Wildman–Crippen LogP) is 5.79. The van der Waals surface area contributed by atoms with Crippen LogP contribution in [-0.2, 0) is 0 Å². The Morgan fingerprint density at radius 2 is 2.11 bits per heavy atom. The van der Waals surface area contributed by atoms with Crippen molar-refractivity contribution < 1.29 is 0 Å². The molecule has 0 saturated heterocycles. The smallest absolute Gasteiger partial charge is 0.102 e. The molecule has 1 heterocycles. The van der Waals surface area contributed by atoms with E-state index in [1.165, 1.54) is 11.3 Å². The highest BCUT2D eigenvalue weighted by Crippen LogP contribution is 2.34. The first-order valence-corrected chi connectivity index (χ1v) is 7.35. The van der Waals surface area contributed by atoms with Gasteiger partial charge in [-0.25, -0.2) is 0 Å². The third-order valence-electron chi connectivity index (χ3n) is 2.27. The zero-order valence-corrected chi connectivity index (χ0v) is 12.9. The molecular formula is C13H6BrCl2NS. The summed E-state index contributed by atoms with van der Waals surface area (Å²) in [5.41, 5.74) is 1.19. The molecule has 0 N–H and O–H groups in total. The molecule has 2 aromatic rings. The lowest BCUT2D eigenvalue weighted by atomic mass is 10.1. The molecule has 0 aliphatic carbocycles. The molecule has 0 amide bonds. The van der Waals surface area contributed by atoms with Gasteiger partial charge in [-0.05, 0) is 45.1 Å². The molecular weight excluding hydrogens is 353 g/mol. The third kappa shape index (κ3) is 2.78. The average molecular weight is 359 g/mol. The highest BCUT2D eigenvalue weighted by molar-refractivity contribution is 9.10. The molecule has 1 aromatic carbocycles. The number of halogens is 3. The van der Waals surface area contributed by atoms with Crippen LogP contribution in [0.25, 0.3) is 10.6 Å². The van der Waals surface area contributed by atoms with Crippen molar-refractivity contribution in [1.82, 2.24) is 0 Å². The summed E-state index contributed by atoms with van der Waals surface area (Å²) in [6, 6.07) is 11.3. The minimum absolute atomic E-state index is 0.411. The maximum absolute atomic E-state index is 9.23. The summed E-state index contributed by atoms with van der Waals surface area (Å²) in [5, 5.41) is 12.1. The van der Waals surface area contributed by atoms with Gasteiger partial charge in [-0.15, -0.1) is 11.3 Å². The van der Waals surface area contributed by atoms with Crippen LogP contribution in [0.15, 0.2) is 40.2 Å². The molecule has 18 heavy (non-hydrogen) atoms. The molecule has 0 saturated carbocycles. The highest BCUT2D eigenvalue weighted by atomic mass is 79.9. The van der Waals surface area contributed by atoms with Gasteiger partial charge in [0.25, 0.3) is 0 Å². The summed E-state index contributed by atoms with van der Waals surface area (Å²) >= 11 is 17.1. The highest BCUT2D eigenvalue weighted by Gasteiger charge is 2.11. The van der Waals surface area contributed by atoms with Gasteiger partial charge < -0.3 is 0 Å². The molecule has 90 valence electrons. The Bertz CT molecular complexity index is 642. The van der Waals surface area contributed by atoms with Crippen molar-refractivity contribution in [2.45, 2.75) is 0 Å². The summed E-state index contributed by atoms with van der Waals surface area (Å²) in [6.45, 7) is 0. The minimum Gasteiger partial charge on any atom is -0.192 e. The van der Waals surface area contributed by atoms with E-state index in [2.05, 4.69) is 22.0 Å².